The maximum absolute atomic E-state index is 13.6. The van der Waals surface area contributed by atoms with Gasteiger partial charge < -0.3 is 15.3 Å². The standard InChI is InChI=1S/C28H22F4N4O2/c1-17-5-11-22(12-6-17)33-26-24(18-7-9-21(29)10-8-18)34-23-16-35(13-14-36(23)26)27(38)25(37)19-3-2-4-20(15-19)28(30,31)32/h2-15,25,33,37H,16H2,1H3. The zero-order valence-electron chi connectivity index (χ0n) is 20.1. The summed E-state index contributed by atoms with van der Waals surface area (Å²) in [6.45, 7) is 1.92. The molecule has 1 unspecified atom stereocenters. The number of anilines is 2. The van der Waals surface area contributed by atoms with Crippen molar-refractivity contribution in [1.82, 2.24) is 14.5 Å². The molecule has 1 aliphatic heterocycles. The Kier molecular flexibility index (Phi) is 6.50. The second-order valence-electron chi connectivity index (χ2n) is 8.88. The highest BCUT2D eigenvalue weighted by atomic mass is 19.4. The molecule has 0 fully saturated rings. The SMILES string of the molecule is Cc1ccc(Nc2c(-c3ccc(F)cc3)nc3n2C=CN(C(=O)C(O)c2cccc(C(F)(F)F)c2)C3)cc1. The first-order valence-corrected chi connectivity index (χ1v) is 11.6. The molecule has 0 bridgehead atoms. The average molecular weight is 523 g/mol. The van der Waals surface area contributed by atoms with Gasteiger partial charge in [0.2, 0.25) is 0 Å². The van der Waals surface area contributed by atoms with Gasteiger partial charge in [-0.15, -0.1) is 0 Å². The molecule has 10 heteroatoms. The number of imidazole rings is 1. The monoisotopic (exact) mass is 522 g/mol. The summed E-state index contributed by atoms with van der Waals surface area (Å²) in [5, 5.41) is 13.9. The molecule has 1 atom stereocenters. The van der Waals surface area contributed by atoms with Gasteiger partial charge in [-0.3, -0.25) is 9.36 Å². The Hall–Kier alpha value is -4.44. The summed E-state index contributed by atoms with van der Waals surface area (Å²) in [4.78, 5) is 18.9. The minimum Gasteiger partial charge on any atom is -0.378 e. The minimum absolute atomic E-state index is 0.0465. The Morgan fingerprint density at radius 2 is 1.74 bits per heavy atom. The van der Waals surface area contributed by atoms with Gasteiger partial charge in [-0.05, 0) is 61.0 Å². The van der Waals surface area contributed by atoms with Crippen molar-refractivity contribution < 1.29 is 27.5 Å². The van der Waals surface area contributed by atoms with E-state index in [-0.39, 0.29) is 12.1 Å². The van der Waals surface area contributed by atoms with E-state index in [0.29, 0.717) is 22.9 Å². The van der Waals surface area contributed by atoms with Crippen LogP contribution in [-0.2, 0) is 17.5 Å². The topological polar surface area (TPSA) is 70.4 Å². The first-order valence-electron chi connectivity index (χ1n) is 11.6. The number of hydrogen-bond donors (Lipinski definition) is 2. The molecule has 3 aromatic carbocycles. The van der Waals surface area contributed by atoms with Crippen LogP contribution in [0.1, 0.15) is 28.6 Å². The van der Waals surface area contributed by atoms with Gasteiger partial charge in [-0.2, -0.15) is 13.2 Å². The zero-order valence-corrected chi connectivity index (χ0v) is 20.1. The molecule has 0 saturated heterocycles. The number of carbonyl (C=O) groups is 1. The number of benzene rings is 3. The molecule has 1 aliphatic rings. The summed E-state index contributed by atoms with van der Waals surface area (Å²) in [5.74, 6) is -0.180. The number of nitrogens with one attached hydrogen (secondary N) is 1. The fraction of sp³-hybridized carbons (Fsp3) is 0.143. The molecule has 1 aromatic heterocycles. The molecule has 1 amide bonds. The summed E-state index contributed by atoms with van der Waals surface area (Å²) >= 11 is 0. The van der Waals surface area contributed by atoms with Crippen LogP contribution in [-0.4, -0.2) is 25.5 Å². The van der Waals surface area contributed by atoms with E-state index in [0.717, 1.165) is 29.4 Å². The van der Waals surface area contributed by atoms with Gasteiger partial charge in [0, 0.05) is 23.7 Å². The molecule has 0 spiro atoms. The lowest BCUT2D eigenvalue weighted by Gasteiger charge is -2.25. The van der Waals surface area contributed by atoms with Crippen molar-refractivity contribution in [3.8, 4) is 11.3 Å². The number of fused-ring (bicyclic) bond motifs is 1. The average Bonchev–Trinajstić information content (AvgIpc) is 3.26. The number of aryl methyl sites for hydroxylation is 1. The number of halogens is 4. The quantitative estimate of drug-likeness (QED) is 0.304. The number of amides is 1. The van der Waals surface area contributed by atoms with Crippen molar-refractivity contribution in [2.45, 2.75) is 25.7 Å². The summed E-state index contributed by atoms with van der Waals surface area (Å²) in [5.41, 5.74) is 1.89. The molecule has 6 nitrogen and oxygen atoms in total. The van der Waals surface area contributed by atoms with E-state index in [9.17, 15) is 27.5 Å². The van der Waals surface area contributed by atoms with E-state index in [1.54, 1.807) is 22.9 Å². The highest BCUT2D eigenvalue weighted by Crippen LogP contribution is 2.35. The van der Waals surface area contributed by atoms with Crippen molar-refractivity contribution >= 4 is 23.6 Å². The van der Waals surface area contributed by atoms with Crippen molar-refractivity contribution in [2.24, 2.45) is 0 Å². The molecule has 38 heavy (non-hydrogen) atoms. The van der Waals surface area contributed by atoms with Crippen molar-refractivity contribution in [3.05, 3.63) is 107 Å². The molecular formula is C28H22F4N4O2. The van der Waals surface area contributed by atoms with Crippen LogP contribution >= 0.6 is 0 Å². The van der Waals surface area contributed by atoms with E-state index < -0.39 is 29.6 Å². The lowest BCUT2D eigenvalue weighted by Crippen LogP contribution is -2.33. The first-order chi connectivity index (χ1) is 18.1. The van der Waals surface area contributed by atoms with E-state index in [2.05, 4.69) is 10.3 Å². The molecule has 2 heterocycles. The van der Waals surface area contributed by atoms with Crippen LogP contribution < -0.4 is 5.32 Å². The Labute approximate surface area is 215 Å². The Bertz CT molecular complexity index is 1510. The number of nitrogens with zero attached hydrogens (tertiary/aromatic N) is 3. The molecule has 0 saturated carbocycles. The molecule has 194 valence electrons. The number of aliphatic hydroxyl groups is 1. The minimum atomic E-state index is -4.61. The van der Waals surface area contributed by atoms with Crippen molar-refractivity contribution in [3.63, 3.8) is 0 Å². The Balaban J connectivity index is 1.46. The number of rotatable bonds is 5. The fourth-order valence-electron chi connectivity index (χ4n) is 4.14. The van der Waals surface area contributed by atoms with Gasteiger partial charge in [-0.25, -0.2) is 9.37 Å². The third kappa shape index (κ3) is 5.03. The molecule has 4 aromatic rings. The first kappa shape index (κ1) is 25.2. The van der Waals surface area contributed by atoms with E-state index in [4.69, 9.17) is 0 Å². The van der Waals surface area contributed by atoms with Gasteiger partial charge in [-0.1, -0.05) is 29.8 Å². The van der Waals surface area contributed by atoms with Crippen LogP contribution in [0.2, 0.25) is 0 Å². The second kappa shape index (κ2) is 9.79. The third-order valence-electron chi connectivity index (χ3n) is 6.17. The van der Waals surface area contributed by atoms with Gasteiger partial charge in [0.1, 0.15) is 23.2 Å². The number of aliphatic hydroxyl groups excluding tert-OH is 1. The lowest BCUT2D eigenvalue weighted by atomic mass is 10.0. The van der Waals surface area contributed by atoms with Gasteiger partial charge in [0.05, 0.1) is 12.1 Å². The lowest BCUT2D eigenvalue weighted by molar-refractivity contribution is -0.140. The van der Waals surface area contributed by atoms with Crippen LogP contribution in [0, 0.1) is 12.7 Å². The fourth-order valence-corrected chi connectivity index (χ4v) is 4.14. The number of hydrogen-bond acceptors (Lipinski definition) is 4. The van der Waals surface area contributed by atoms with Gasteiger partial charge >= 0.3 is 6.18 Å². The zero-order chi connectivity index (χ0) is 27.0. The molecule has 0 aliphatic carbocycles. The second-order valence-corrected chi connectivity index (χ2v) is 8.88. The van der Waals surface area contributed by atoms with Gasteiger partial charge in [0.25, 0.3) is 5.91 Å². The summed E-state index contributed by atoms with van der Waals surface area (Å²) in [6, 6.07) is 17.6. The number of alkyl halides is 3. The van der Waals surface area contributed by atoms with E-state index in [1.807, 2.05) is 31.2 Å². The summed E-state index contributed by atoms with van der Waals surface area (Å²) < 4.78 is 54.6. The maximum Gasteiger partial charge on any atom is 0.416 e. The highest BCUT2D eigenvalue weighted by Gasteiger charge is 2.33. The normalized spacial score (nSPS) is 13.8. The van der Waals surface area contributed by atoms with Crippen LogP contribution in [0.4, 0.5) is 29.1 Å². The number of aromatic nitrogens is 2. The Morgan fingerprint density at radius 3 is 2.42 bits per heavy atom. The third-order valence-corrected chi connectivity index (χ3v) is 6.17. The van der Waals surface area contributed by atoms with Crippen molar-refractivity contribution in [2.75, 3.05) is 5.32 Å². The largest absolute Gasteiger partial charge is 0.416 e. The maximum atomic E-state index is 13.6. The van der Waals surface area contributed by atoms with Gasteiger partial charge in [0.15, 0.2) is 6.10 Å². The predicted molar refractivity (Wildman–Crippen MR) is 134 cm³/mol. The van der Waals surface area contributed by atoms with Crippen molar-refractivity contribution in [1.29, 1.82) is 0 Å². The molecule has 0 radical (unpaired) electrons. The van der Waals surface area contributed by atoms with E-state index >= 15 is 0 Å². The van der Waals surface area contributed by atoms with Crippen LogP contribution in [0.25, 0.3) is 17.5 Å². The summed E-state index contributed by atoms with van der Waals surface area (Å²) in [7, 11) is 0. The smallest absolute Gasteiger partial charge is 0.378 e. The highest BCUT2D eigenvalue weighted by molar-refractivity contribution is 5.84. The molecular weight excluding hydrogens is 500 g/mol. The molecule has 2 N–H and O–H groups in total. The van der Waals surface area contributed by atoms with Crippen LogP contribution in [0.5, 0.6) is 0 Å². The van der Waals surface area contributed by atoms with Crippen LogP contribution in [0.3, 0.4) is 0 Å². The molecule has 5 rings (SSSR count). The number of carbonyl (C=O) groups excluding carboxylic acids is 1. The summed E-state index contributed by atoms with van der Waals surface area (Å²) in [6.07, 6.45) is -3.40. The predicted octanol–water partition coefficient (Wildman–Crippen LogP) is 6.26. The van der Waals surface area contributed by atoms with Crippen LogP contribution in [0.15, 0.2) is 79.0 Å². The Morgan fingerprint density at radius 1 is 1.03 bits per heavy atom. The van der Waals surface area contributed by atoms with E-state index in [1.165, 1.54) is 29.3 Å².